The van der Waals surface area contributed by atoms with E-state index in [4.69, 9.17) is 10.8 Å². The molecule has 0 saturated heterocycles. The fourth-order valence-corrected chi connectivity index (χ4v) is 0.941. The molecule has 0 rings (SSSR count). The first-order valence-corrected chi connectivity index (χ1v) is 4.16. The van der Waals surface area contributed by atoms with Crippen LogP contribution in [0.5, 0.6) is 0 Å². The third kappa shape index (κ3) is 7.92. The number of unbranched alkanes of at least 4 members (excludes halogenated alkanes) is 4. The monoisotopic (exact) mass is 144 g/mol. The number of hydrogen-bond donors (Lipinski definition) is 1. The van der Waals surface area contributed by atoms with Gasteiger partial charge in [-0.2, -0.15) is 0 Å². The van der Waals surface area contributed by atoms with E-state index in [-0.39, 0.29) is 0 Å². The Kier molecular flexibility index (Phi) is 6.98. The van der Waals surface area contributed by atoms with Crippen molar-refractivity contribution in [3.8, 4) is 0 Å². The zero-order valence-electron chi connectivity index (χ0n) is 6.77. The van der Waals surface area contributed by atoms with Gasteiger partial charge in [-0.1, -0.05) is 32.6 Å². The summed E-state index contributed by atoms with van der Waals surface area (Å²) in [6, 6.07) is 0. The van der Waals surface area contributed by atoms with Gasteiger partial charge >= 0.3 is 0 Å². The van der Waals surface area contributed by atoms with E-state index in [2.05, 4.69) is 6.92 Å². The van der Waals surface area contributed by atoms with Gasteiger partial charge in [0.15, 0.2) is 0 Å². The number of aliphatic hydroxyl groups is 1. The van der Waals surface area contributed by atoms with Crippen LogP contribution >= 0.6 is 0 Å². The van der Waals surface area contributed by atoms with Gasteiger partial charge in [0.05, 0.1) is 0 Å². The molecule has 0 amide bonds. The normalized spacial score (nSPS) is 13.5. The minimum atomic E-state index is -0.846. The third-order valence-corrected chi connectivity index (χ3v) is 1.58. The summed E-state index contributed by atoms with van der Waals surface area (Å²) < 4.78 is 0. The molecule has 0 bridgehead atoms. The van der Waals surface area contributed by atoms with E-state index >= 15 is 0 Å². The first-order chi connectivity index (χ1) is 4.77. The molecule has 2 nitrogen and oxygen atoms in total. The summed E-state index contributed by atoms with van der Waals surface area (Å²) in [6.45, 7) is 2.18. The van der Waals surface area contributed by atoms with E-state index in [1.165, 1.54) is 25.7 Å². The molecule has 1 atom stereocenters. The molecule has 0 aliphatic carbocycles. The average Bonchev–Trinajstić information content (AvgIpc) is 1.87. The number of hydrogen-bond acceptors (Lipinski definition) is 1. The van der Waals surface area contributed by atoms with Crippen molar-refractivity contribution in [3.63, 3.8) is 0 Å². The van der Waals surface area contributed by atoms with Crippen molar-refractivity contribution in [2.24, 2.45) is 0 Å². The standard InChI is InChI=1S/C8H18NO/c1-2-3-4-5-6-7-8(9)10/h8-10H,2-7H2,1H3. The van der Waals surface area contributed by atoms with Crippen LogP contribution in [0.3, 0.4) is 0 Å². The molecule has 0 aromatic rings. The van der Waals surface area contributed by atoms with Gasteiger partial charge < -0.3 is 5.11 Å². The molecule has 0 heterocycles. The molecule has 0 saturated carbocycles. The largest absolute Gasteiger partial charge is 0.377 e. The van der Waals surface area contributed by atoms with Crippen molar-refractivity contribution < 1.29 is 5.11 Å². The maximum Gasteiger partial charge on any atom is 0.117 e. The van der Waals surface area contributed by atoms with E-state index < -0.39 is 6.23 Å². The molecule has 0 spiro atoms. The fourth-order valence-electron chi connectivity index (χ4n) is 0.941. The summed E-state index contributed by atoms with van der Waals surface area (Å²) in [6.07, 6.45) is 5.76. The number of rotatable bonds is 6. The maximum atomic E-state index is 8.58. The van der Waals surface area contributed by atoms with E-state index in [0.29, 0.717) is 6.42 Å². The third-order valence-electron chi connectivity index (χ3n) is 1.58. The Hall–Kier alpha value is -0.0800. The molecule has 0 aromatic carbocycles. The Morgan fingerprint density at radius 3 is 2.30 bits per heavy atom. The zero-order valence-corrected chi connectivity index (χ0v) is 6.77. The first kappa shape index (κ1) is 9.92. The molecule has 0 aromatic heterocycles. The highest BCUT2D eigenvalue weighted by Gasteiger charge is 1.94. The van der Waals surface area contributed by atoms with E-state index in [9.17, 15) is 0 Å². The van der Waals surface area contributed by atoms with Crippen LogP contribution in [0, 0.1) is 0 Å². The van der Waals surface area contributed by atoms with E-state index in [1.54, 1.807) is 0 Å². The Morgan fingerprint density at radius 2 is 1.80 bits per heavy atom. The van der Waals surface area contributed by atoms with Crippen LogP contribution in [0.15, 0.2) is 0 Å². The second kappa shape index (κ2) is 7.03. The first-order valence-electron chi connectivity index (χ1n) is 4.16. The molecule has 61 valence electrons. The van der Waals surface area contributed by atoms with Crippen LogP contribution in [-0.4, -0.2) is 11.3 Å². The summed E-state index contributed by atoms with van der Waals surface area (Å²) in [5.41, 5.74) is 6.81. The van der Waals surface area contributed by atoms with E-state index in [1.807, 2.05) is 0 Å². The summed E-state index contributed by atoms with van der Waals surface area (Å²) in [4.78, 5) is 0. The lowest BCUT2D eigenvalue weighted by Crippen LogP contribution is -2.05. The molecule has 10 heavy (non-hydrogen) atoms. The second-order valence-electron chi connectivity index (χ2n) is 2.72. The Balaban J connectivity index is 2.77. The lowest BCUT2D eigenvalue weighted by Gasteiger charge is -2.01. The van der Waals surface area contributed by atoms with Gasteiger partial charge in [-0.3, -0.25) is 0 Å². The highest BCUT2D eigenvalue weighted by atomic mass is 16.3. The van der Waals surface area contributed by atoms with Crippen LogP contribution < -0.4 is 5.73 Å². The predicted molar refractivity (Wildman–Crippen MR) is 42.5 cm³/mol. The van der Waals surface area contributed by atoms with Gasteiger partial charge in [0, 0.05) is 0 Å². The second-order valence-corrected chi connectivity index (χ2v) is 2.72. The Bertz CT molecular complexity index is 64.3. The van der Waals surface area contributed by atoms with E-state index in [0.717, 1.165) is 6.42 Å². The van der Waals surface area contributed by atoms with Gasteiger partial charge in [-0.05, 0) is 12.8 Å². The lowest BCUT2D eigenvalue weighted by molar-refractivity contribution is 0.160. The van der Waals surface area contributed by atoms with Crippen LogP contribution in [0.1, 0.15) is 45.4 Å². The maximum absolute atomic E-state index is 8.58. The van der Waals surface area contributed by atoms with Gasteiger partial charge in [-0.15, -0.1) is 0 Å². The summed E-state index contributed by atoms with van der Waals surface area (Å²) in [7, 11) is 0. The van der Waals surface area contributed by atoms with Gasteiger partial charge in [0.25, 0.3) is 0 Å². The fraction of sp³-hybridized carbons (Fsp3) is 1.00. The summed E-state index contributed by atoms with van der Waals surface area (Å²) in [5.74, 6) is 0. The predicted octanol–water partition coefficient (Wildman–Crippen LogP) is 1.95. The summed E-state index contributed by atoms with van der Waals surface area (Å²) >= 11 is 0. The van der Waals surface area contributed by atoms with Crippen molar-refractivity contribution in [2.45, 2.75) is 51.7 Å². The minimum absolute atomic E-state index is 0.643. The molecule has 1 radical (unpaired) electrons. The topological polar surface area (TPSA) is 44.0 Å². The van der Waals surface area contributed by atoms with Gasteiger partial charge in [0.2, 0.25) is 0 Å². The van der Waals surface area contributed by atoms with Gasteiger partial charge in [-0.25, -0.2) is 5.73 Å². The summed E-state index contributed by atoms with van der Waals surface area (Å²) in [5, 5.41) is 8.58. The van der Waals surface area contributed by atoms with Crippen molar-refractivity contribution in [1.82, 2.24) is 5.73 Å². The minimum Gasteiger partial charge on any atom is -0.377 e. The highest BCUT2D eigenvalue weighted by molar-refractivity contribution is 4.46. The van der Waals surface area contributed by atoms with Crippen molar-refractivity contribution in [2.75, 3.05) is 0 Å². The van der Waals surface area contributed by atoms with Crippen LogP contribution in [0.2, 0.25) is 0 Å². The quantitative estimate of drug-likeness (QED) is 0.569. The highest BCUT2D eigenvalue weighted by Crippen LogP contribution is 2.05. The van der Waals surface area contributed by atoms with Crippen molar-refractivity contribution >= 4 is 0 Å². The van der Waals surface area contributed by atoms with Crippen LogP contribution in [0.4, 0.5) is 0 Å². The lowest BCUT2D eigenvalue weighted by atomic mass is 10.1. The Labute approximate surface area is 63.4 Å². The molecular weight excluding hydrogens is 126 g/mol. The number of nitrogens with one attached hydrogen (secondary N) is 1. The van der Waals surface area contributed by atoms with Crippen molar-refractivity contribution in [3.05, 3.63) is 0 Å². The van der Waals surface area contributed by atoms with Crippen LogP contribution in [-0.2, 0) is 0 Å². The zero-order chi connectivity index (χ0) is 7.82. The number of aliphatic hydroxyl groups excluding tert-OH is 1. The Morgan fingerprint density at radius 1 is 1.20 bits per heavy atom. The molecule has 1 unspecified atom stereocenters. The SMILES string of the molecule is CCCCCCCC([NH])O. The molecular formula is C8H18NO. The molecule has 0 aliphatic rings. The molecule has 0 fully saturated rings. The smallest absolute Gasteiger partial charge is 0.117 e. The molecule has 0 aliphatic heterocycles. The van der Waals surface area contributed by atoms with Crippen LogP contribution in [0.25, 0.3) is 0 Å². The van der Waals surface area contributed by atoms with Gasteiger partial charge in [0.1, 0.15) is 6.23 Å². The molecule has 2 heteroatoms. The van der Waals surface area contributed by atoms with Crippen molar-refractivity contribution in [1.29, 1.82) is 0 Å². The average molecular weight is 144 g/mol. The molecule has 2 N–H and O–H groups in total.